The van der Waals surface area contributed by atoms with Gasteiger partial charge in [0.05, 0.1) is 6.54 Å². The van der Waals surface area contributed by atoms with E-state index in [-0.39, 0.29) is 6.03 Å². The number of primary amides is 1. The fourth-order valence-electron chi connectivity index (χ4n) is 1.04. The molecule has 0 aromatic heterocycles. The fourth-order valence-corrected chi connectivity index (χ4v) is 1.90. The van der Waals surface area contributed by atoms with Crippen molar-refractivity contribution in [3.63, 3.8) is 0 Å². The molecular formula is C12H22N2O2S. The molecule has 2 N–H and O–H groups in total. The molecule has 0 aliphatic carbocycles. The number of nitrogens with two attached hydrogens (primary N) is 1. The van der Waals surface area contributed by atoms with E-state index in [9.17, 15) is 9.59 Å². The van der Waals surface area contributed by atoms with E-state index in [1.807, 2.05) is 19.9 Å². The van der Waals surface area contributed by atoms with E-state index in [0.29, 0.717) is 24.8 Å². The predicted octanol–water partition coefficient (Wildman–Crippen LogP) is 2.80. The number of allylic oxidation sites excluding steroid dienone is 1. The van der Waals surface area contributed by atoms with Gasteiger partial charge in [-0.1, -0.05) is 33.8 Å². The predicted molar refractivity (Wildman–Crippen MR) is 72.3 cm³/mol. The fraction of sp³-hybridized carbons (Fsp3) is 0.667. The summed E-state index contributed by atoms with van der Waals surface area (Å²) in [7, 11) is 0. The van der Waals surface area contributed by atoms with Crippen LogP contribution in [0.5, 0.6) is 0 Å². The van der Waals surface area contributed by atoms with Crippen LogP contribution < -0.4 is 5.73 Å². The third-order valence-corrected chi connectivity index (χ3v) is 3.45. The molecule has 0 saturated heterocycles. The first-order chi connectivity index (χ1) is 7.88. The van der Waals surface area contributed by atoms with Gasteiger partial charge in [0.15, 0.2) is 0 Å². The van der Waals surface area contributed by atoms with Crippen LogP contribution >= 0.6 is 11.9 Å². The SMILES string of the molecule is CC(C)C1=CCN(C(N)=O)S1.CC(C)CC=O. The van der Waals surface area contributed by atoms with Crippen molar-refractivity contribution in [2.24, 2.45) is 17.6 Å². The van der Waals surface area contributed by atoms with Gasteiger partial charge in [-0.3, -0.25) is 4.31 Å². The van der Waals surface area contributed by atoms with E-state index in [1.54, 1.807) is 4.31 Å². The molecule has 5 heteroatoms. The normalized spacial score (nSPS) is 14.5. The summed E-state index contributed by atoms with van der Waals surface area (Å²) in [5, 5.41) is 0. The Hall–Kier alpha value is -0.970. The van der Waals surface area contributed by atoms with Gasteiger partial charge in [-0.15, -0.1) is 0 Å². The maximum atomic E-state index is 10.7. The second-order valence-corrected chi connectivity index (χ2v) is 5.64. The summed E-state index contributed by atoms with van der Waals surface area (Å²) in [6.45, 7) is 8.89. The van der Waals surface area contributed by atoms with Crippen molar-refractivity contribution in [1.29, 1.82) is 0 Å². The molecular weight excluding hydrogens is 236 g/mol. The van der Waals surface area contributed by atoms with E-state index in [4.69, 9.17) is 5.73 Å². The lowest BCUT2D eigenvalue weighted by Gasteiger charge is -2.12. The second-order valence-electron chi connectivity index (χ2n) is 4.55. The van der Waals surface area contributed by atoms with E-state index in [1.165, 1.54) is 16.9 Å². The first kappa shape index (κ1) is 16.0. The van der Waals surface area contributed by atoms with Crippen LogP contribution in [0.2, 0.25) is 0 Å². The quantitative estimate of drug-likeness (QED) is 0.625. The monoisotopic (exact) mass is 258 g/mol. The summed E-state index contributed by atoms with van der Waals surface area (Å²) < 4.78 is 1.55. The molecule has 1 heterocycles. The molecule has 0 radical (unpaired) electrons. The van der Waals surface area contributed by atoms with Gasteiger partial charge in [-0.25, -0.2) is 4.79 Å². The first-order valence-corrected chi connectivity index (χ1v) is 6.54. The van der Waals surface area contributed by atoms with Crippen LogP contribution in [0.25, 0.3) is 0 Å². The van der Waals surface area contributed by atoms with Crippen LogP contribution in [0.1, 0.15) is 34.1 Å². The van der Waals surface area contributed by atoms with Crippen molar-refractivity contribution >= 4 is 24.3 Å². The number of rotatable bonds is 3. The maximum Gasteiger partial charge on any atom is 0.325 e. The maximum absolute atomic E-state index is 10.7. The van der Waals surface area contributed by atoms with Crippen molar-refractivity contribution < 1.29 is 9.59 Å². The molecule has 0 fully saturated rings. The third kappa shape index (κ3) is 7.05. The molecule has 98 valence electrons. The van der Waals surface area contributed by atoms with E-state index < -0.39 is 0 Å². The number of hydrogen-bond donors (Lipinski definition) is 1. The van der Waals surface area contributed by atoms with E-state index in [2.05, 4.69) is 13.8 Å². The van der Waals surface area contributed by atoms with Crippen molar-refractivity contribution in [2.75, 3.05) is 6.54 Å². The molecule has 1 rings (SSSR count). The number of hydrogen-bond acceptors (Lipinski definition) is 3. The molecule has 1 aliphatic rings. The van der Waals surface area contributed by atoms with Gasteiger partial charge in [0.2, 0.25) is 0 Å². The minimum atomic E-state index is -0.359. The van der Waals surface area contributed by atoms with Crippen molar-refractivity contribution in [2.45, 2.75) is 34.1 Å². The van der Waals surface area contributed by atoms with Gasteiger partial charge in [0, 0.05) is 11.3 Å². The molecule has 0 spiro atoms. The van der Waals surface area contributed by atoms with Crippen LogP contribution in [-0.4, -0.2) is 23.2 Å². The van der Waals surface area contributed by atoms with Gasteiger partial charge in [-0.2, -0.15) is 0 Å². The van der Waals surface area contributed by atoms with Gasteiger partial charge in [0.1, 0.15) is 6.29 Å². The molecule has 0 atom stereocenters. The Morgan fingerprint density at radius 2 is 2.12 bits per heavy atom. The highest BCUT2D eigenvalue weighted by molar-refractivity contribution is 8.01. The van der Waals surface area contributed by atoms with Crippen LogP contribution in [0.4, 0.5) is 4.79 Å². The van der Waals surface area contributed by atoms with Crippen LogP contribution in [0.15, 0.2) is 11.0 Å². The summed E-state index contributed by atoms with van der Waals surface area (Å²) in [6, 6.07) is -0.359. The molecule has 2 amide bonds. The second kappa shape index (κ2) is 8.17. The number of carbonyl (C=O) groups excluding carboxylic acids is 2. The molecule has 4 nitrogen and oxygen atoms in total. The Kier molecular flexibility index (Phi) is 7.70. The summed E-state index contributed by atoms with van der Waals surface area (Å²) in [5.41, 5.74) is 5.09. The molecule has 0 saturated carbocycles. The summed E-state index contributed by atoms with van der Waals surface area (Å²) in [4.78, 5) is 21.5. The Morgan fingerprint density at radius 1 is 1.53 bits per heavy atom. The molecule has 0 aromatic carbocycles. The van der Waals surface area contributed by atoms with Crippen molar-refractivity contribution in [1.82, 2.24) is 4.31 Å². The Labute approximate surface area is 108 Å². The van der Waals surface area contributed by atoms with Gasteiger partial charge in [-0.05, 0) is 23.8 Å². The lowest BCUT2D eigenvalue weighted by Crippen LogP contribution is -2.27. The zero-order valence-corrected chi connectivity index (χ0v) is 11.8. The minimum absolute atomic E-state index is 0.359. The van der Waals surface area contributed by atoms with E-state index >= 15 is 0 Å². The highest BCUT2D eigenvalue weighted by Gasteiger charge is 2.19. The lowest BCUT2D eigenvalue weighted by atomic mass is 10.2. The zero-order valence-electron chi connectivity index (χ0n) is 11.0. The largest absolute Gasteiger partial charge is 0.351 e. The lowest BCUT2D eigenvalue weighted by molar-refractivity contribution is -0.108. The minimum Gasteiger partial charge on any atom is -0.351 e. The number of aldehydes is 1. The molecule has 17 heavy (non-hydrogen) atoms. The third-order valence-electron chi connectivity index (χ3n) is 2.06. The molecule has 0 unspecified atom stereocenters. The highest BCUT2D eigenvalue weighted by atomic mass is 32.2. The summed E-state index contributed by atoms with van der Waals surface area (Å²) >= 11 is 1.45. The standard InChI is InChI=1S/C7H12N2OS.C5H10O/c1-5(2)6-3-4-9(11-6)7(8)10;1-5(2)3-4-6/h3,5H,4H2,1-2H3,(H2,8,10);4-5H,3H2,1-2H3. The Balaban J connectivity index is 0.000000366. The topological polar surface area (TPSA) is 63.4 Å². The molecule has 0 aromatic rings. The van der Waals surface area contributed by atoms with Gasteiger partial charge >= 0.3 is 6.03 Å². The van der Waals surface area contributed by atoms with Crippen molar-refractivity contribution in [3.8, 4) is 0 Å². The van der Waals surface area contributed by atoms with Crippen molar-refractivity contribution in [3.05, 3.63) is 11.0 Å². The highest BCUT2D eigenvalue weighted by Crippen LogP contribution is 2.32. The average molecular weight is 258 g/mol. The summed E-state index contributed by atoms with van der Waals surface area (Å²) in [6.07, 6.45) is 3.69. The number of carbonyl (C=O) groups is 2. The Bertz CT molecular complexity index is 288. The average Bonchev–Trinajstić information content (AvgIpc) is 2.66. The number of nitrogens with zero attached hydrogens (tertiary/aromatic N) is 1. The van der Waals surface area contributed by atoms with Gasteiger partial charge < -0.3 is 10.5 Å². The Morgan fingerprint density at radius 3 is 2.29 bits per heavy atom. The van der Waals surface area contributed by atoms with Gasteiger partial charge in [0.25, 0.3) is 0 Å². The van der Waals surface area contributed by atoms with Crippen LogP contribution in [0, 0.1) is 11.8 Å². The molecule has 0 bridgehead atoms. The smallest absolute Gasteiger partial charge is 0.325 e. The molecule has 1 aliphatic heterocycles. The van der Waals surface area contributed by atoms with Crippen LogP contribution in [0.3, 0.4) is 0 Å². The van der Waals surface area contributed by atoms with Crippen LogP contribution in [-0.2, 0) is 4.79 Å². The first-order valence-electron chi connectivity index (χ1n) is 5.77. The number of amides is 2. The number of urea groups is 1. The zero-order chi connectivity index (χ0) is 13.4. The van der Waals surface area contributed by atoms with E-state index in [0.717, 1.165) is 6.29 Å². The summed E-state index contributed by atoms with van der Waals surface area (Å²) in [5.74, 6) is 1.02.